The minimum Gasteiger partial charge on any atom is -0.726 e. The smallest absolute Gasteiger partial charge is 0.726 e. The molecule has 0 aliphatic heterocycles. The van der Waals surface area contributed by atoms with Crippen LogP contribution in [0.25, 0.3) is 0 Å². The summed E-state index contributed by atoms with van der Waals surface area (Å²) in [5, 5.41) is 0. The number of unbranched alkanes of at least 4 members (excludes halogenated alkanes) is 28. The monoisotopic (exact) mass is 640 g/mol. The summed E-state index contributed by atoms with van der Waals surface area (Å²) in [7, 11) is -4.59. The zero-order valence-corrected chi connectivity index (χ0v) is 32.9. The van der Waals surface area contributed by atoms with Crippen molar-refractivity contribution in [2.24, 2.45) is 5.92 Å². The molecule has 4 nitrogen and oxygen atoms in total. The maximum atomic E-state index is 11.0. The van der Waals surface area contributed by atoms with Crippen LogP contribution in [0.2, 0.25) is 0 Å². The zero-order chi connectivity index (χ0) is 30.1. The Morgan fingerprint density at radius 2 is 0.643 bits per heavy atom. The van der Waals surface area contributed by atoms with Crippen molar-refractivity contribution in [1.29, 1.82) is 0 Å². The fourth-order valence-corrected chi connectivity index (χ4v) is 6.46. The fraction of sp³-hybridized carbons (Fsp3) is 1.00. The van der Waals surface area contributed by atoms with Crippen molar-refractivity contribution in [3.63, 3.8) is 0 Å². The first kappa shape index (κ1) is 45.6. The molecular weight excluding hydrogens is 568 g/mol. The van der Waals surface area contributed by atoms with E-state index in [9.17, 15) is 13.0 Å². The van der Waals surface area contributed by atoms with Gasteiger partial charge >= 0.3 is 51.4 Å². The van der Waals surface area contributed by atoms with E-state index in [4.69, 9.17) is 0 Å². The fourth-order valence-electron chi connectivity index (χ4n) is 6.10. The quantitative estimate of drug-likeness (QED) is 0.0299. The van der Waals surface area contributed by atoms with Gasteiger partial charge in [-0.2, -0.15) is 0 Å². The van der Waals surface area contributed by atoms with Crippen molar-refractivity contribution in [2.75, 3.05) is 6.61 Å². The van der Waals surface area contributed by atoms with Gasteiger partial charge in [0.1, 0.15) is 0 Å². The molecule has 0 spiro atoms. The van der Waals surface area contributed by atoms with Crippen LogP contribution >= 0.6 is 0 Å². The number of hydrogen-bond acceptors (Lipinski definition) is 4. The summed E-state index contributed by atoms with van der Waals surface area (Å²) in [5.74, 6) is 0.197. The second kappa shape index (κ2) is 37.0. The average molecular weight is 641 g/mol. The standard InChI is InChI=1S/C36H74O4S.K/c1-3-5-7-9-11-13-15-16-17-18-19-20-21-22-24-26-28-30-32-34-36(35-40-41(37,38)39)33-31-29-27-25-23-14-12-10-8-6-4-2;/h36H,3-35H2,1-2H3,(H,37,38,39);/q;+1/p-1. The predicted octanol–water partition coefficient (Wildman–Crippen LogP) is 9.61. The van der Waals surface area contributed by atoms with Gasteiger partial charge in [0.05, 0.1) is 6.61 Å². The van der Waals surface area contributed by atoms with E-state index in [2.05, 4.69) is 18.0 Å². The van der Waals surface area contributed by atoms with E-state index in [1.54, 1.807) is 0 Å². The van der Waals surface area contributed by atoms with Crippen molar-refractivity contribution in [3.8, 4) is 0 Å². The predicted molar refractivity (Wildman–Crippen MR) is 178 cm³/mol. The van der Waals surface area contributed by atoms with Gasteiger partial charge in [-0.1, -0.05) is 206 Å². The van der Waals surface area contributed by atoms with Gasteiger partial charge in [-0.25, -0.2) is 8.42 Å². The molecule has 0 aromatic carbocycles. The van der Waals surface area contributed by atoms with E-state index < -0.39 is 10.4 Å². The molecule has 0 radical (unpaired) electrons. The van der Waals surface area contributed by atoms with Crippen LogP contribution < -0.4 is 51.4 Å². The topological polar surface area (TPSA) is 66.4 Å². The van der Waals surface area contributed by atoms with Crippen LogP contribution in [0.15, 0.2) is 0 Å². The maximum Gasteiger partial charge on any atom is 1.00 e. The molecule has 0 fully saturated rings. The molecule has 0 aromatic heterocycles. The van der Waals surface area contributed by atoms with Gasteiger partial charge in [-0.15, -0.1) is 0 Å². The molecular formula is C36H73KO4S. The van der Waals surface area contributed by atoms with Crippen molar-refractivity contribution in [1.82, 2.24) is 0 Å². The Labute approximate surface area is 307 Å². The maximum absolute atomic E-state index is 11.0. The molecule has 248 valence electrons. The normalized spacial score (nSPS) is 12.5. The summed E-state index contributed by atoms with van der Waals surface area (Å²) in [5.41, 5.74) is 0. The van der Waals surface area contributed by atoms with Crippen LogP contribution in [0.4, 0.5) is 0 Å². The summed E-state index contributed by atoms with van der Waals surface area (Å²) >= 11 is 0. The third-order valence-corrected chi connectivity index (χ3v) is 9.30. The Bertz CT molecular complexity index is 599. The minimum absolute atomic E-state index is 0. The Morgan fingerprint density at radius 1 is 0.429 bits per heavy atom. The molecule has 0 saturated heterocycles. The molecule has 42 heavy (non-hydrogen) atoms. The van der Waals surface area contributed by atoms with Crippen molar-refractivity contribution >= 4 is 10.4 Å². The second-order valence-electron chi connectivity index (χ2n) is 13.0. The van der Waals surface area contributed by atoms with Crippen LogP contribution in [-0.2, 0) is 14.6 Å². The third-order valence-electron chi connectivity index (χ3n) is 8.88. The van der Waals surface area contributed by atoms with E-state index in [-0.39, 0.29) is 63.9 Å². The molecule has 1 unspecified atom stereocenters. The summed E-state index contributed by atoms with van der Waals surface area (Å²) < 4.78 is 37.6. The summed E-state index contributed by atoms with van der Waals surface area (Å²) in [6.45, 7) is 4.62. The van der Waals surface area contributed by atoms with Crippen LogP contribution in [0.3, 0.4) is 0 Å². The van der Waals surface area contributed by atoms with Gasteiger partial charge in [0.15, 0.2) is 0 Å². The van der Waals surface area contributed by atoms with Crippen LogP contribution in [-0.4, -0.2) is 19.6 Å². The van der Waals surface area contributed by atoms with Crippen LogP contribution in [0, 0.1) is 5.92 Å². The molecule has 0 aliphatic rings. The van der Waals surface area contributed by atoms with Gasteiger partial charge < -0.3 is 4.55 Å². The summed E-state index contributed by atoms with van der Waals surface area (Å²) in [6.07, 6.45) is 42.5. The van der Waals surface area contributed by atoms with E-state index in [1.807, 2.05) is 0 Å². The van der Waals surface area contributed by atoms with Gasteiger partial charge in [-0.05, 0) is 18.8 Å². The minimum atomic E-state index is -4.59. The van der Waals surface area contributed by atoms with Crippen molar-refractivity contribution in [3.05, 3.63) is 0 Å². The molecule has 0 amide bonds. The number of hydrogen-bond donors (Lipinski definition) is 0. The third kappa shape index (κ3) is 39.5. The molecule has 1 atom stereocenters. The first-order valence-electron chi connectivity index (χ1n) is 18.6. The Hall–Kier alpha value is 1.51. The summed E-state index contributed by atoms with van der Waals surface area (Å²) in [6, 6.07) is 0. The number of rotatable bonds is 35. The Balaban J connectivity index is 0. The molecule has 0 rings (SSSR count). The van der Waals surface area contributed by atoms with Crippen molar-refractivity contribution in [2.45, 2.75) is 219 Å². The Morgan fingerprint density at radius 3 is 0.857 bits per heavy atom. The molecule has 0 heterocycles. The van der Waals surface area contributed by atoms with Gasteiger partial charge in [0, 0.05) is 0 Å². The second-order valence-corrected chi connectivity index (χ2v) is 14.1. The molecule has 0 bridgehead atoms. The molecule has 0 aromatic rings. The van der Waals surface area contributed by atoms with Gasteiger partial charge in [0.25, 0.3) is 0 Å². The largest absolute Gasteiger partial charge is 1.00 e. The van der Waals surface area contributed by atoms with Crippen LogP contribution in [0.1, 0.15) is 219 Å². The van der Waals surface area contributed by atoms with E-state index in [0.717, 1.165) is 25.7 Å². The van der Waals surface area contributed by atoms with E-state index >= 15 is 0 Å². The molecule has 0 saturated carbocycles. The first-order chi connectivity index (χ1) is 20.0. The van der Waals surface area contributed by atoms with E-state index in [0.29, 0.717) is 0 Å². The first-order valence-corrected chi connectivity index (χ1v) is 19.9. The molecule has 0 aliphatic carbocycles. The van der Waals surface area contributed by atoms with Gasteiger partial charge in [-0.3, -0.25) is 4.18 Å². The molecule has 0 N–H and O–H groups in total. The van der Waals surface area contributed by atoms with E-state index in [1.165, 1.54) is 180 Å². The van der Waals surface area contributed by atoms with Crippen LogP contribution in [0.5, 0.6) is 0 Å². The molecule has 6 heteroatoms. The average Bonchev–Trinajstić information content (AvgIpc) is 2.94. The zero-order valence-electron chi connectivity index (χ0n) is 29.0. The van der Waals surface area contributed by atoms with Crippen molar-refractivity contribution < 1.29 is 68.5 Å². The SMILES string of the molecule is CCCCCCCCCCCCCCCCCCCCCC(CCCCCCCCCCCCC)COS(=O)(=O)[O-].[K+]. The Kier molecular flexibility index (Phi) is 40.2. The summed E-state index contributed by atoms with van der Waals surface area (Å²) in [4.78, 5) is 0. The van der Waals surface area contributed by atoms with Gasteiger partial charge in [0.2, 0.25) is 10.4 Å².